The van der Waals surface area contributed by atoms with Crippen LogP contribution in [0.5, 0.6) is 0 Å². The van der Waals surface area contributed by atoms with Gasteiger partial charge in [-0.15, -0.1) is 0 Å². The highest BCUT2D eigenvalue weighted by atomic mass is 16.6. The molecule has 0 spiro atoms. The van der Waals surface area contributed by atoms with Gasteiger partial charge in [0.15, 0.2) is 0 Å². The molecule has 24 heteroatoms. The third-order valence-electron chi connectivity index (χ3n) is 13.9. The highest BCUT2D eigenvalue weighted by Crippen LogP contribution is 2.13. The lowest BCUT2D eigenvalue weighted by molar-refractivity contribution is -0.135. The zero-order chi connectivity index (χ0) is 62.6. The van der Waals surface area contributed by atoms with Crippen molar-refractivity contribution in [2.24, 2.45) is 0 Å². The van der Waals surface area contributed by atoms with Crippen molar-refractivity contribution in [1.82, 2.24) is 74.4 Å². The van der Waals surface area contributed by atoms with Crippen LogP contribution < -0.4 is 74.4 Å². The fraction of sp³-hybridized carbons (Fsp3) is 0.850. The molecule has 0 rings (SSSR count). The molecule has 0 saturated heterocycles. The van der Waals surface area contributed by atoms with Gasteiger partial charge in [-0.1, -0.05) is 19.3 Å². The predicted octanol–water partition coefficient (Wildman–Crippen LogP) is 2.93. The van der Waals surface area contributed by atoms with E-state index in [-0.39, 0.29) is 49.3 Å². The molecule has 0 fully saturated rings. The van der Waals surface area contributed by atoms with Gasteiger partial charge < -0.3 is 79.2 Å². The van der Waals surface area contributed by atoms with Gasteiger partial charge in [0.1, 0.15) is 35.8 Å². The standard InChI is InChI=1S/C60H118N14O10/c1-10-66-51(75)35-14-11-23-44-68-54(78)46(30-17-25-38-61-5)71-56(80)48(32-19-27-40-63-7)73-58(82)50(34-21-29-42-65-9)74-57(81)49(33-20-28-41-64-8)72-55(79)47(31-18-26-39-62-6)70-53(77)37-16-13-22-43-67-52(76)36-15-12-24-45-69-59(83)84-60(2,3)4/h46-50,61-65H,10-45H2,1-9H3,(H,66,75)(H,67,76)(H,68,78)(H,69,83)(H,70,77)(H,71,80)(H,72,79)(H,73,82)(H,74,81). The Labute approximate surface area is 505 Å². The first kappa shape index (κ1) is 78.8. The van der Waals surface area contributed by atoms with Crippen molar-refractivity contribution in [1.29, 1.82) is 0 Å². The van der Waals surface area contributed by atoms with Crippen LogP contribution in [0.1, 0.15) is 201 Å². The van der Waals surface area contributed by atoms with Gasteiger partial charge in [0.25, 0.3) is 0 Å². The largest absolute Gasteiger partial charge is 0.444 e. The Morgan fingerprint density at radius 3 is 0.929 bits per heavy atom. The summed E-state index contributed by atoms with van der Waals surface area (Å²) in [5, 5.41) is 41.8. The number of carbonyl (C=O) groups is 9. The SMILES string of the molecule is CCNC(=O)CCCCCNC(=O)C(CCCCNC)NC(=O)C(CCCCNC)NC(=O)C(CCCCNC)NC(=O)C(CCCCNC)NC(=O)C(CCCCNC)NC(=O)CCCCCNC(=O)CCCCCNC(=O)OC(C)(C)C. The topological polar surface area (TPSA) is 331 Å². The smallest absolute Gasteiger partial charge is 0.407 e. The van der Waals surface area contributed by atoms with Crippen molar-refractivity contribution < 1.29 is 47.9 Å². The fourth-order valence-electron chi connectivity index (χ4n) is 9.15. The van der Waals surface area contributed by atoms with Crippen LogP contribution in [0.4, 0.5) is 4.79 Å². The molecule has 0 bridgehead atoms. The Morgan fingerprint density at radius 1 is 0.310 bits per heavy atom. The second-order valence-electron chi connectivity index (χ2n) is 22.8. The van der Waals surface area contributed by atoms with Crippen LogP contribution in [0.2, 0.25) is 0 Å². The number of nitrogens with one attached hydrogen (secondary N) is 14. The van der Waals surface area contributed by atoms with Crippen LogP contribution in [-0.4, -0.2) is 183 Å². The van der Waals surface area contributed by atoms with E-state index in [0.29, 0.717) is 155 Å². The van der Waals surface area contributed by atoms with Crippen LogP contribution in [0.15, 0.2) is 0 Å². The number of alkyl carbamates (subject to hydrolysis) is 1. The molecule has 0 radical (unpaired) electrons. The molecule has 5 atom stereocenters. The number of hydrogen-bond acceptors (Lipinski definition) is 15. The average Bonchev–Trinajstić information content (AvgIpc) is 3.58. The van der Waals surface area contributed by atoms with Gasteiger partial charge >= 0.3 is 6.09 Å². The molecule has 0 aliphatic heterocycles. The Balaban J connectivity index is 6.15. The van der Waals surface area contributed by atoms with Gasteiger partial charge in [0, 0.05) is 45.4 Å². The summed E-state index contributed by atoms with van der Waals surface area (Å²) in [6.07, 6.45) is 15.0. The molecular formula is C60H118N14O10. The van der Waals surface area contributed by atoms with Gasteiger partial charge in [-0.05, 0) is 230 Å². The van der Waals surface area contributed by atoms with Gasteiger partial charge in [-0.3, -0.25) is 38.4 Å². The van der Waals surface area contributed by atoms with Crippen molar-refractivity contribution in [3.63, 3.8) is 0 Å². The van der Waals surface area contributed by atoms with E-state index in [9.17, 15) is 43.2 Å². The minimum Gasteiger partial charge on any atom is -0.444 e. The summed E-state index contributed by atoms with van der Waals surface area (Å²) in [4.78, 5) is 121. The number of amides is 9. The molecule has 84 heavy (non-hydrogen) atoms. The first-order chi connectivity index (χ1) is 40.3. The quantitative estimate of drug-likeness (QED) is 0.0390. The molecule has 5 unspecified atom stereocenters. The van der Waals surface area contributed by atoms with E-state index in [0.717, 1.165) is 51.6 Å². The molecule has 0 aliphatic carbocycles. The van der Waals surface area contributed by atoms with Crippen LogP contribution in [0.25, 0.3) is 0 Å². The normalized spacial score (nSPS) is 13.1. The Morgan fingerprint density at radius 2 is 0.595 bits per heavy atom. The molecule has 0 heterocycles. The number of rotatable bonds is 54. The maximum Gasteiger partial charge on any atom is 0.407 e. The van der Waals surface area contributed by atoms with E-state index < -0.39 is 65.5 Å². The highest BCUT2D eigenvalue weighted by molar-refractivity contribution is 5.96. The maximum atomic E-state index is 14.5. The van der Waals surface area contributed by atoms with Crippen molar-refractivity contribution in [3.8, 4) is 0 Å². The van der Waals surface area contributed by atoms with Crippen molar-refractivity contribution in [2.75, 3.05) is 94.1 Å². The summed E-state index contributed by atoms with van der Waals surface area (Å²) in [6.45, 7) is 12.7. The number of unbranched alkanes of at least 4 members (excludes halogenated alkanes) is 11. The van der Waals surface area contributed by atoms with Crippen LogP contribution >= 0.6 is 0 Å². The summed E-state index contributed by atoms with van der Waals surface area (Å²) < 4.78 is 5.24. The van der Waals surface area contributed by atoms with Crippen molar-refractivity contribution in [2.45, 2.75) is 237 Å². The summed E-state index contributed by atoms with van der Waals surface area (Å²) in [5.41, 5.74) is -0.560. The number of ether oxygens (including phenoxy) is 1. The summed E-state index contributed by atoms with van der Waals surface area (Å²) in [5.74, 6) is -2.79. The summed E-state index contributed by atoms with van der Waals surface area (Å²) in [7, 11) is 9.20. The summed E-state index contributed by atoms with van der Waals surface area (Å²) in [6, 6.07) is -4.91. The van der Waals surface area contributed by atoms with Gasteiger partial charge in [-0.2, -0.15) is 0 Å². The second kappa shape index (κ2) is 52.2. The van der Waals surface area contributed by atoms with E-state index in [4.69, 9.17) is 4.74 Å². The summed E-state index contributed by atoms with van der Waals surface area (Å²) >= 11 is 0. The molecule has 0 aromatic rings. The van der Waals surface area contributed by atoms with E-state index in [1.165, 1.54) is 0 Å². The first-order valence-corrected chi connectivity index (χ1v) is 31.9. The minimum atomic E-state index is -1.07. The Kier molecular flexibility index (Phi) is 49.0. The van der Waals surface area contributed by atoms with E-state index in [1.54, 1.807) is 20.8 Å². The maximum absolute atomic E-state index is 14.5. The molecule has 0 aliphatic rings. The monoisotopic (exact) mass is 1190 g/mol. The molecule has 24 nitrogen and oxygen atoms in total. The molecule has 488 valence electrons. The molecule has 14 N–H and O–H groups in total. The molecule has 9 amide bonds. The molecular weight excluding hydrogens is 1080 g/mol. The van der Waals surface area contributed by atoms with Crippen molar-refractivity contribution in [3.05, 3.63) is 0 Å². The van der Waals surface area contributed by atoms with Crippen molar-refractivity contribution >= 4 is 53.4 Å². The lowest BCUT2D eigenvalue weighted by Gasteiger charge is -2.27. The second-order valence-corrected chi connectivity index (χ2v) is 22.8. The van der Waals surface area contributed by atoms with Gasteiger partial charge in [0.2, 0.25) is 47.3 Å². The molecule has 0 aromatic carbocycles. The van der Waals surface area contributed by atoms with Crippen LogP contribution in [-0.2, 0) is 43.1 Å². The molecule has 0 aromatic heterocycles. The van der Waals surface area contributed by atoms with Crippen LogP contribution in [0, 0.1) is 0 Å². The van der Waals surface area contributed by atoms with Gasteiger partial charge in [0.05, 0.1) is 0 Å². The van der Waals surface area contributed by atoms with E-state index in [2.05, 4.69) is 74.4 Å². The average molecular weight is 1200 g/mol. The van der Waals surface area contributed by atoms with E-state index in [1.807, 2.05) is 42.2 Å². The van der Waals surface area contributed by atoms with E-state index >= 15 is 0 Å². The number of hydrogen-bond donors (Lipinski definition) is 14. The van der Waals surface area contributed by atoms with Gasteiger partial charge in [-0.25, -0.2) is 4.79 Å². The third kappa shape index (κ3) is 44.3. The zero-order valence-corrected chi connectivity index (χ0v) is 53.4. The highest BCUT2D eigenvalue weighted by Gasteiger charge is 2.32. The Hall–Kier alpha value is -5.17. The minimum absolute atomic E-state index is 0.00105. The predicted molar refractivity (Wildman–Crippen MR) is 333 cm³/mol. The lowest BCUT2D eigenvalue weighted by atomic mass is 10.0. The molecule has 0 saturated carbocycles. The first-order valence-electron chi connectivity index (χ1n) is 31.9. The zero-order valence-electron chi connectivity index (χ0n) is 53.4. The lowest BCUT2D eigenvalue weighted by Crippen LogP contribution is -2.59. The third-order valence-corrected chi connectivity index (χ3v) is 13.9. The number of carbonyl (C=O) groups excluding carboxylic acids is 9. The fourth-order valence-corrected chi connectivity index (χ4v) is 9.15. The van der Waals surface area contributed by atoms with Crippen LogP contribution in [0.3, 0.4) is 0 Å². The Bertz CT molecular complexity index is 1810.